The van der Waals surface area contributed by atoms with Crippen LogP contribution in [-0.4, -0.2) is 29.6 Å². The van der Waals surface area contributed by atoms with Crippen LogP contribution in [0.2, 0.25) is 0 Å². The predicted octanol–water partition coefficient (Wildman–Crippen LogP) is 5.02. The van der Waals surface area contributed by atoms with Gasteiger partial charge in [-0.3, -0.25) is 9.59 Å². The van der Waals surface area contributed by atoms with E-state index < -0.39 is 36.1 Å². The summed E-state index contributed by atoms with van der Waals surface area (Å²) in [5.41, 5.74) is 7.27. The summed E-state index contributed by atoms with van der Waals surface area (Å²) < 4.78 is 47.2. The molecule has 1 fully saturated rings. The Kier molecular flexibility index (Phi) is 7.35. The van der Waals surface area contributed by atoms with Crippen molar-refractivity contribution in [3.8, 4) is 5.75 Å². The summed E-state index contributed by atoms with van der Waals surface area (Å²) in [5.74, 6) is -1.06. The Hall–Kier alpha value is -3.07. The van der Waals surface area contributed by atoms with Gasteiger partial charge in [0.1, 0.15) is 12.4 Å². The number of rotatable bonds is 7. The molecule has 2 aromatic rings. The Bertz CT molecular complexity index is 1100. The minimum atomic E-state index is -4.48. The van der Waals surface area contributed by atoms with Gasteiger partial charge in [-0.05, 0) is 60.6 Å². The van der Waals surface area contributed by atoms with Crippen molar-refractivity contribution in [3.05, 3.63) is 58.7 Å². The third-order valence-corrected chi connectivity index (χ3v) is 6.83. The number of carboxylic acids is 1. The molecular formula is C26H29F3N2O4. The molecule has 6 nitrogen and oxygen atoms in total. The van der Waals surface area contributed by atoms with Crippen LogP contribution in [0, 0.1) is 0 Å². The number of alkyl halides is 3. The van der Waals surface area contributed by atoms with Gasteiger partial charge in [0.05, 0.1) is 18.0 Å². The van der Waals surface area contributed by atoms with Crippen molar-refractivity contribution in [1.29, 1.82) is 0 Å². The number of carbonyl (C=O) groups excluding carboxylic acids is 1. The number of carbonyl (C=O) groups is 2. The molecule has 0 aromatic heterocycles. The van der Waals surface area contributed by atoms with E-state index in [9.17, 15) is 22.8 Å². The molecule has 1 atom stereocenters. The van der Waals surface area contributed by atoms with Gasteiger partial charge in [0, 0.05) is 17.8 Å². The molecule has 1 amide bonds. The summed E-state index contributed by atoms with van der Waals surface area (Å²) in [5, 5.41) is 8.87. The lowest BCUT2D eigenvalue weighted by atomic mass is 9.83. The van der Waals surface area contributed by atoms with Crippen molar-refractivity contribution in [2.75, 3.05) is 11.4 Å². The van der Waals surface area contributed by atoms with Gasteiger partial charge < -0.3 is 20.5 Å². The largest absolute Gasteiger partial charge is 0.489 e. The van der Waals surface area contributed by atoms with Gasteiger partial charge in [-0.15, -0.1) is 0 Å². The maximum absolute atomic E-state index is 13.8. The number of amides is 1. The summed E-state index contributed by atoms with van der Waals surface area (Å²) in [6.07, 6.45) is 0.640. The molecule has 2 aliphatic rings. The van der Waals surface area contributed by atoms with Gasteiger partial charge in [0.25, 0.3) is 0 Å². The molecule has 1 heterocycles. The van der Waals surface area contributed by atoms with E-state index in [4.69, 9.17) is 15.6 Å². The van der Waals surface area contributed by atoms with E-state index in [-0.39, 0.29) is 18.1 Å². The van der Waals surface area contributed by atoms with E-state index in [1.54, 1.807) is 24.3 Å². The molecule has 188 valence electrons. The summed E-state index contributed by atoms with van der Waals surface area (Å²) in [6, 6.07) is 8.39. The third kappa shape index (κ3) is 5.78. The second-order valence-electron chi connectivity index (χ2n) is 9.27. The molecule has 2 aromatic carbocycles. The topological polar surface area (TPSA) is 92.9 Å². The maximum atomic E-state index is 13.8. The highest BCUT2D eigenvalue weighted by Crippen LogP contribution is 2.39. The number of hydrogen-bond acceptors (Lipinski definition) is 4. The van der Waals surface area contributed by atoms with Crippen molar-refractivity contribution in [2.24, 2.45) is 5.73 Å². The Labute approximate surface area is 201 Å². The van der Waals surface area contributed by atoms with Crippen LogP contribution in [0.4, 0.5) is 18.9 Å². The fraction of sp³-hybridized carbons (Fsp3) is 0.462. The van der Waals surface area contributed by atoms with E-state index in [1.807, 2.05) is 0 Å². The Morgan fingerprint density at radius 3 is 2.54 bits per heavy atom. The fourth-order valence-electron chi connectivity index (χ4n) is 5.01. The second kappa shape index (κ2) is 10.3. The normalized spacial score (nSPS) is 17.2. The Balaban J connectivity index is 1.47. The molecular weight excluding hydrogens is 461 g/mol. The number of nitrogens with zero attached hydrogens (tertiary/aromatic N) is 1. The molecule has 9 heteroatoms. The van der Waals surface area contributed by atoms with Gasteiger partial charge in [-0.1, -0.05) is 31.4 Å². The standard InChI is InChI=1S/C26H29F3N2O4/c27-26(28,29)21-13-17(16-4-2-1-3-5-16)6-7-19(21)15-35-20-8-9-23-18(12-20)10-11-31(23)25(34)22(30)14-24(32)33/h6-9,12-13,16,22H,1-5,10-11,14-15,30H2,(H,32,33). The Morgan fingerprint density at radius 1 is 1.11 bits per heavy atom. The fourth-order valence-corrected chi connectivity index (χ4v) is 5.01. The van der Waals surface area contributed by atoms with Gasteiger partial charge in [0.15, 0.2) is 0 Å². The van der Waals surface area contributed by atoms with Crippen LogP contribution < -0.4 is 15.4 Å². The van der Waals surface area contributed by atoms with Crippen molar-refractivity contribution < 1.29 is 32.6 Å². The van der Waals surface area contributed by atoms with Gasteiger partial charge in [-0.2, -0.15) is 13.2 Å². The lowest BCUT2D eigenvalue weighted by Gasteiger charge is -2.24. The van der Waals surface area contributed by atoms with Crippen molar-refractivity contribution in [2.45, 2.75) is 69.7 Å². The average molecular weight is 491 g/mol. The quantitative estimate of drug-likeness (QED) is 0.568. The SMILES string of the molecule is NC(CC(=O)O)C(=O)N1CCc2cc(OCc3ccc(C4CCCCC4)cc3C(F)(F)F)ccc21. The minimum absolute atomic E-state index is 0.0778. The van der Waals surface area contributed by atoms with Crippen molar-refractivity contribution in [3.63, 3.8) is 0 Å². The molecule has 1 saturated carbocycles. The highest BCUT2D eigenvalue weighted by atomic mass is 19.4. The molecule has 3 N–H and O–H groups in total. The van der Waals surface area contributed by atoms with Gasteiger partial charge in [-0.25, -0.2) is 0 Å². The van der Waals surface area contributed by atoms with Crippen LogP contribution in [0.5, 0.6) is 5.75 Å². The second-order valence-corrected chi connectivity index (χ2v) is 9.27. The van der Waals surface area contributed by atoms with E-state index in [0.29, 0.717) is 24.4 Å². The van der Waals surface area contributed by atoms with Gasteiger partial charge in [0.2, 0.25) is 5.91 Å². The average Bonchev–Trinajstić information content (AvgIpc) is 3.25. The number of ether oxygens (including phenoxy) is 1. The smallest absolute Gasteiger partial charge is 0.416 e. The van der Waals surface area contributed by atoms with Crippen LogP contribution in [-0.2, 0) is 28.8 Å². The number of nitrogens with two attached hydrogens (primary N) is 1. The summed E-state index contributed by atoms with van der Waals surface area (Å²) in [4.78, 5) is 24.8. The van der Waals surface area contributed by atoms with E-state index in [0.717, 1.165) is 43.2 Å². The zero-order valence-corrected chi connectivity index (χ0v) is 19.3. The highest BCUT2D eigenvalue weighted by Gasteiger charge is 2.35. The first-order valence-electron chi connectivity index (χ1n) is 11.9. The molecule has 0 spiro atoms. The van der Waals surface area contributed by atoms with Crippen LogP contribution in [0.15, 0.2) is 36.4 Å². The lowest BCUT2D eigenvalue weighted by Crippen LogP contribution is -2.44. The van der Waals surface area contributed by atoms with Crippen LogP contribution in [0.1, 0.15) is 66.7 Å². The molecule has 35 heavy (non-hydrogen) atoms. The number of fused-ring (bicyclic) bond motifs is 1. The molecule has 0 bridgehead atoms. The summed E-state index contributed by atoms with van der Waals surface area (Å²) >= 11 is 0. The molecule has 0 saturated heterocycles. The molecule has 4 rings (SSSR count). The Morgan fingerprint density at radius 2 is 1.86 bits per heavy atom. The number of halogens is 3. The number of aliphatic carboxylic acids is 1. The first-order valence-corrected chi connectivity index (χ1v) is 11.9. The van der Waals surface area contributed by atoms with Crippen LogP contribution in [0.3, 0.4) is 0 Å². The molecule has 1 unspecified atom stereocenters. The molecule has 0 radical (unpaired) electrons. The summed E-state index contributed by atoms with van der Waals surface area (Å²) in [7, 11) is 0. The summed E-state index contributed by atoms with van der Waals surface area (Å²) in [6.45, 7) is 0.122. The predicted molar refractivity (Wildman–Crippen MR) is 124 cm³/mol. The number of anilines is 1. The number of carboxylic acid groups (broad SMARTS) is 1. The zero-order chi connectivity index (χ0) is 25.2. The van der Waals surface area contributed by atoms with Crippen molar-refractivity contribution >= 4 is 17.6 Å². The zero-order valence-electron chi connectivity index (χ0n) is 19.3. The van der Waals surface area contributed by atoms with Gasteiger partial charge >= 0.3 is 12.1 Å². The number of hydrogen-bond donors (Lipinski definition) is 2. The van der Waals surface area contributed by atoms with Crippen LogP contribution >= 0.6 is 0 Å². The maximum Gasteiger partial charge on any atom is 0.416 e. The van der Waals surface area contributed by atoms with Crippen molar-refractivity contribution in [1.82, 2.24) is 0 Å². The number of benzene rings is 2. The first kappa shape index (κ1) is 25.0. The van der Waals surface area contributed by atoms with E-state index >= 15 is 0 Å². The highest BCUT2D eigenvalue weighted by molar-refractivity contribution is 6.00. The monoisotopic (exact) mass is 490 g/mol. The minimum Gasteiger partial charge on any atom is -0.489 e. The van der Waals surface area contributed by atoms with E-state index in [2.05, 4.69) is 0 Å². The third-order valence-electron chi connectivity index (χ3n) is 6.83. The lowest BCUT2D eigenvalue weighted by molar-refractivity contribution is -0.139. The molecule has 1 aliphatic carbocycles. The first-order chi connectivity index (χ1) is 16.6. The van der Waals surface area contributed by atoms with Crippen LogP contribution in [0.25, 0.3) is 0 Å². The van der Waals surface area contributed by atoms with E-state index in [1.165, 1.54) is 17.0 Å². The molecule has 1 aliphatic heterocycles.